The molecule has 1 aromatic rings. The van der Waals surface area contributed by atoms with Gasteiger partial charge in [0.25, 0.3) is 5.91 Å². The summed E-state index contributed by atoms with van der Waals surface area (Å²) in [5.41, 5.74) is 2.55. The van der Waals surface area contributed by atoms with Gasteiger partial charge in [0.1, 0.15) is 5.54 Å². The first kappa shape index (κ1) is 14.1. The van der Waals surface area contributed by atoms with Crippen molar-refractivity contribution in [3.05, 3.63) is 34.9 Å². The molecule has 1 atom stereocenters. The van der Waals surface area contributed by atoms with E-state index < -0.39 is 5.54 Å². The van der Waals surface area contributed by atoms with Crippen LogP contribution in [0.4, 0.5) is 4.79 Å². The largest absolute Gasteiger partial charge is 0.383 e. The molecule has 5 nitrogen and oxygen atoms in total. The average Bonchev–Trinajstić information content (AvgIpc) is 3.01. The topological polar surface area (TPSA) is 58.6 Å². The number of methoxy groups -OCH3 is 1. The lowest BCUT2D eigenvalue weighted by atomic mass is 9.90. The summed E-state index contributed by atoms with van der Waals surface area (Å²) in [5.74, 6) is -0.206. The lowest BCUT2D eigenvalue weighted by Gasteiger charge is -2.23. The molecule has 1 heterocycles. The number of fused-ring (bicyclic) bond motifs is 1. The number of amides is 3. The number of nitrogens with one attached hydrogen (secondary N) is 1. The third-order valence-electron chi connectivity index (χ3n) is 4.47. The number of imide groups is 1. The molecule has 1 aliphatic carbocycles. The number of aryl methyl sites for hydroxylation is 2. The molecular weight excluding hydrogens is 268 g/mol. The molecule has 3 rings (SSSR count). The Hall–Kier alpha value is -1.88. The molecule has 2 aliphatic rings. The summed E-state index contributed by atoms with van der Waals surface area (Å²) in [7, 11) is 1.55. The van der Waals surface area contributed by atoms with Gasteiger partial charge in [-0.2, -0.15) is 0 Å². The molecule has 1 aliphatic heterocycles. The molecule has 5 heteroatoms. The first-order valence-corrected chi connectivity index (χ1v) is 7.31. The fourth-order valence-electron chi connectivity index (χ4n) is 3.16. The van der Waals surface area contributed by atoms with Gasteiger partial charge in [0.15, 0.2) is 0 Å². The maximum Gasteiger partial charge on any atom is 0.325 e. The Morgan fingerprint density at radius 3 is 2.81 bits per heavy atom. The highest BCUT2D eigenvalue weighted by molar-refractivity contribution is 6.07. The molecule has 1 aromatic carbocycles. The van der Waals surface area contributed by atoms with Gasteiger partial charge in [-0.25, -0.2) is 4.79 Å². The molecule has 1 fully saturated rings. The van der Waals surface area contributed by atoms with Crippen molar-refractivity contribution in [1.29, 1.82) is 0 Å². The van der Waals surface area contributed by atoms with E-state index in [1.54, 1.807) is 14.0 Å². The minimum Gasteiger partial charge on any atom is -0.383 e. The van der Waals surface area contributed by atoms with Gasteiger partial charge in [-0.1, -0.05) is 18.2 Å². The number of benzene rings is 1. The third-order valence-corrected chi connectivity index (χ3v) is 4.47. The Bertz CT molecular complexity index is 599. The van der Waals surface area contributed by atoms with Crippen LogP contribution >= 0.6 is 0 Å². The summed E-state index contributed by atoms with van der Waals surface area (Å²) in [6.07, 6.45) is 3.32. The van der Waals surface area contributed by atoms with Crippen molar-refractivity contribution in [1.82, 2.24) is 10.2 Å². The van der Waals surface area contributed by atoms with Crippen LogP contribution in [0.3, 0.4) is 0 Å². The van der Waals surface area contributed by atoms with Crippen molar-refractivity contribution in [2.75, 3.05) is 20.3 Å². The predicted molar refractivity (Wildman–Crippen MR) is 77.9 cm³/mol. The minimum absolute atomic E-state index is 0.206. The van der Waals surface area contributed by atoms with Crippen molar-refractivity contribution in [3.8, 4) is 0 Å². The average molecular weight is 288 g/mol. The fraction of sp³-hybridized carbons (Fsp3) is 0.500. The summed E-state index contributed by atoms with van der Waals surface area (Å²) >= 11 is 0. The second-order valence-corrected chi connectivity index (χ2v) is 5.84. The van der Waals surface area contributed by atoms with E-state index in [0.717, 1.165) is 24.8 Å². The number of carbonyl (C=O) groups excluding carboxylic acids is 2. The first-order valence-electron chi connectivity index (χ1n) is 7.31. The number of nitrogens with zero attached hydrogens (tertiary/aromatic N) is 1. The fourth-order valence-corrected chi connectivity index (χ4v) is 3.16. The first-order chi connectivity index (χ1) is 10.1. The maximum absolute atomic E-state index is 12.6. The van der Waals surface area contributed by atoms with Gasteiger partial charge in [0.2, 0.25) is 0 Å². The summed E-state index contributed by atoms with van der Waals surface area (Å²) < 4.78 is 4.96. The summed E-state index contributed by atoms with van der Waals surface area (Å²) in [6.45, 7) is 2.40. The van der Waals surface area contributed by atoms with Crippen LogP contribution in [0.15, 0.2) is 18.2 Å². The standard InChI is InChI=1S/C16H20N2O3/c1-16(13-7-6-11-4-3-5-12(11)10-13)14(19)18(8-9-21-2)15(20)17-16/h6-7,10H,3-5,8-9H2,1-2H3,(H,17,20). The van der Waals surface area contributed by atoms with Crippen molar-refractivity contribution in [2.24, 2.45) is 0 Å². The number of rotatable bonds is 4. The van der Waals surface area contributed by atoms with Crippen molar-refractivity contribution >= 4 is 11.9 Å². The molecule has 0 spiro atoms. The quantitative estimate of drug-likeness (QED) is 0.856. The van der Waals surface area contributed by atoms with Gasteiger partial charge in [-0.15, -0.1) is 0 Å². The highest BCUT2D eigenvalue weighted by Gasteiger charge is 2.48. The molecule has 112 valence electrons. The van der Waals surface area contributed by atoms with E-state index in [4.69, 9.17) is 4.74 Å². The van der Waals surface area contributed by atoms with Gasteiger partial charge < -0.3 is 10.1 Å². The highest BCUT2D eigenvalue weighted by atomic mass is 16.5. The van der Waals surface area contributed by atoms with E-state index >= 15 is 0 Å². The van der Waals surface area contributed by atoms with E-state index in [1.807, 2.05) is 6.07 Å². The lowest BCUT2D eigenvalue weighted by molar-refractivity contribution is -0.131. The van der Waals surface area contributed by atoms with Gasteiger partial charge in [0.05, 0.1) is 13.2 Å². The van der Waals surface area contributed by atoms with Gasteiger partial charge in [-0.05, 0) is 42.9 Å². The molecular formula is C16H20N2O3. The number of urea groups is 1. The maximum atomic E-state index is 12.6. The molecule has 0 bridgehead atoms. The van der Waals surface area contributed by atoms with E-state index in [0.29, 0.717) is 6.61 Å². The van der Waals surface area contributed by atoms with Crippen LogP contribution in [-0.2, 0) is 27.9 Å². The highest BCUT2D eigenvalue weighted by Crippen LogP contribution is 2.32. The minimum atomic E-state index is -0.970. The van der Waals surface area contributed by atoms with Crippen LogP contribution < -0.4 is 5.32 Å². The normalized spacial score (nSPS) is 24.4. The summed E-state index contributed by atoms with van der Waals surface area (Å²) in [6, 6.07) is 5.77. The molecule has 3 amide bonds. The lowest BCUT2D eigenvalue weighted by Crippen LogP contribution is -2.41. The second-order valence-electron chi connectivity index (χ2n) is 5.84. The number of hydrogen-bond donors (Lipinski definition) is 1. The monoisotopic (exact) mass is 288 g/mol. The summed E-state index contributed by atoms with van der Waals surface area (Å²) in [4.78, 5) is 25.9. The zero-order chi connectivity index (χ0) is 15.0. The van der Waals surface area contributed by atoms with Crippen LogP contribution in [0.2, 0.25) is 0 Å². The number of carbonyl (C=O) groups is 2. The van der Waals surface area contributed by atoms with E-state index in [9.17, 15) is 9.59 Å². The molecule has 0 radical (unpaired) electrons. The van der Waals surface area contributed by atoms with E-state index in [2.05, 4.69) is 17.4 Å². The Labute approximate surface area is 124 Å². The van der Waals surface area contributed by atoms with E-state index in [1.165, 1.54) is 16.0 Å². The van der Waals surface area contributed by atoms with Crippen LogP contribution in [0, 0.1) is 0 Å². The molecule has 1 unspecified atom stereocenters. The number of hydrogen-bond acceptors (Lipinski definition) is 3. The van der Waals surface area contributed by atoms with Gasteiger partial charge >= 0.3 is 6.03 Å². The Kier molecular flexibility index (Phi) is 3.45. The van der Waals surface area contributed by atoms with Crippen molar-refractivity contribution in [3.63, 3.8) is 0 Å². The van der Waals surface area contributed by atoms with Gasteiger partial charge in [0, 0.05) is 7.11 Å². The molecule has 0 saturated carbocycles. The van der Waals surface area contributed by atoms with Crippen molar-refractivity contribution < 1.29 is 14.3 Å². The smallest absolute Gasteiger partial charge is 0.325 e. The molecule has 21 heavy (non-hydrogen) atoms. The van der Waals surface area contributed by atoms with Crippen molar-refractivity contribution in [2.45, 2.75) is 31.7 Å². The third kappa shape index (κ3) is 2.21. The van der Waals surface area contributed by atoms with Gasteiger partial charge in [-0.3, -0.25) is 9.69 Å². The Morgan fingerprint density at radius 1 is 1.29 bits per heavy atom. The van der Waals surface area contributed by atoms with Crippen LogP contribution in [-0.4, -0.2) is 37.1 Å². The van der Waals surface area contributed by atoms with Crippen LogP contribution in [0.25, 0.3) is 0 Å². The molecule has 1 saturated heterocycles. The molecule has 1 N–H and O–H groups in total. The van der Waals surface area contributed by atoms with Crippen LogP contribution in [0.5, 0.6) is 0 Å². The predicted octanol–water partition coefficient (Wildman–Crippen LogP) is 1.59. The second kappa shape index (κ2) is 5.15. The number of ether oxygens (including phenoxy) is 1. The Morgan fingerprint density at radius 2 is 2.05 bits per heavy atom. The van der Waals surface area contributed by atoms with Crippen LogP contribution in [0.1, 0.15) is 30.0 Å². The molecule has 0 aromatic heterocycles. The Balaban J connectivity index is 1.90. The zero-order valence-corrected chi connectivity index (χ0v) is 12.4. The van der Waals surface area contributed by atoms with E-state index in [-0.39, 0.29) is 18.5 Å². The zero-order valence-electron chi connectivity index (χ0n) is 12.4. The SMILES string of the molecule is COCCN1C(=O)NC(C)(c2ccc3c(c2)CCC3)C1=O. The summed E-state index contributed by atoms with van der Waals surface area (Å²) in [5, 5.41) is 2.83.